The highest BCUT2D eigenvalue weighted by atomic mass is 79.9. The lowest BCUT2D eigenvalue weighted by molar-refractivity contribution is -0.141. The maximum atomic E-state index is 13.5. The monoisotopic (exact) mass is 451 g/mol. The van der Waals surface area contributed by atoms with Crippen molar-refractivity contribution < 1.29 is 14.4 Å². The summed E-state index contributed by atoms with van der Waals surface area (Å²) in [4.78, 5) is 41.1. The number of halogens is 1. The third-order valence-electron chi connectivity index (χ3n) is 6.10. The summed E-state index contributed by atoms with van der Waals surface area (Å²) in [6.45, 7) is 2.09. The molecule has 2 amide bonds. The van der Waals surface area contributed by atoms with E-state index in [1.54, 1.807) is 42.4 Å². The van der Waals surface area contributed by atoms with Crippen molar-refractivity contribution in [3.63, 3.8) is 0 Å². The Bertz CT molecular complexity index is 1070. The minimum absolute atomic E-state index is 0.189. The van der Waals surface area contributed by atoms with E-state index in [-0.39, 0.29) is 17.6 Å². The molecule has 0 aromatic heterocycles. The van der Waals surface area contributed by atoms with Crippen molar-refractivity contribution in [3.8, 4) is 0 Å². The maximum absolute atomic E-state index is 13.5. The molecule has 0 unspecified atom stereocenters. The molecule has 0 saturated carbocycles. The summed E-state index contributed by atoms with van der Waals surface area (Å²) in [6.07, 6.45) is 1.71. The van der Waals surface area contributed by atoms with Crippen LogP contribution in [0.15, 0.2) is 58.1 Å². The van der Waals surface area contributed by atoms with E-state index in [4.69, 9.17) is 0 Å². The quantitative estimate of drug-likeness (QED) is 0.531. The molecule has 3 aliphatic heterocycles. The Balaban J connectivity index is 1.65. The van der Waals surface area contributed by atoms with Gasteiger partial charge in [0.15, 0.2) is 5.78 Å². The summed E-state index contributed by atoms with van der Waals surface area (Å²) in [5.74, 6) is -2.02. The van der Waals surface area contributed by atoms with E-state index in [0.717, 1.165) is 15.6 Å². The number of fused-ring (bicyclic) bond motifs is 5. The van der Waals surface area contributed by atoms with Crippen LogP contribution in [0.2, 0.25) is 0 Å². The minimum Gasteiger partial charge on any atom is -0.292 e. The number of nitrogens with zero attached hydrogens (tertiary/aromatic N) is 3. The number of likely N-dealkylation sites (tertiary alicyclic amines) is 1. The molecule has 5 rings (SSSR count). The van der Waals surface area contributed by atoms with E-state index in [0.29, 0.717) is 12.1 Å². The van der Waals surface area contributed by atoms with Crippen LogP contribution in [0.4, 0.5) is 0 Å². The highest BCUT2D eigenvalue weighted by molar-refractivity contribution is 9.10. The molecule has 0 aliphatic carbocycles. The average molecular weight is 452 g/mol. The lowest BCUT2D eigenvalue weighted by Crippen LogP contribution is -2.44. The number of rotatable bonds is 3. The van der Waals surface area contributed by atoms with Gasteiger partial charge in [0.2, 0.25) is 11.8 Å². The molecule has 0 spiro atoms. The first-order valence-electron chi connectivity index (χ1n) is 9.59. The largest absolute Gasteiger partial charge is 0.292 e. The van der Waals surface area contributed by atoms with Crippen LogP contribution in [-0.4, -0.2) is 46.3 Å². The Morgan fingerprint density at radius 3 is 2.45 bits per heavy atom. The van der Waals surface area contributed by atoms with Gasteiger partial charge in [-0.2, -0.15) is 5.10 Å². The number of imide groups is 1. The van der Waals surface area contributed by atoms with Gasteiger partial charge in [-0.05, 0) is 30.2 Å². The van der Waals surface area contributed by atoms with Crippen molar-refractivity contribution in [2.45, 2.75) is 19.0 Å². The van der Waals surface area contributed by atoms with Crippen molar-refractivity contribution in [2.75, 3.05) is 6.54 Å². The van der Waals surface area contributed by atoms with Crippen molar-refractivity contribution >= 4 is 39.7 Å². The van der Waals surface area contributed by atoms with Crippen LogP contribution in [0, 0.1) is 11.8 Å². The van der Waals surface area contributed by atoms with Crippen LogP contribution in [-0.2, 0) is 9.59 Å². The molecule has 3 heterocycles. The number of hydrogen-bond acceptors (Lipinski definition) is 5. The number of amides is 2. The number of carbonyl (C=O) groups excluding carboxylic acids is 3. The molecule has 3 aliphatic rings. The molecule has 2 aromatic carbocycles. The van der Waals surface area contributed by atoms with E-state index in [2.05, 4.69) is 21.0 Å². The fourth-order valence-corrected chi connectivity index (χ4v) is 5.09. The first-order valence-corrected chi connectivity index (χ1v) is 10.4. The molecule has 6 nitrogen and oxygen atoms in total. The lowest BCUT2D eigenvalue weighted by Gasteiger charge is -2.33. The fraction of sp³-hybridized carbons (Fsp3) is 0.273. The smallest absolute Gasteiger partial charge is 0.235 e. The second-order valence-corrected chi connectivity index (χ2v) is 8.40. The van der Waals surface area contributed by atoms with Crippen LogP contribution in [0.5, 0.6) is 0 Å². The zero-order valence-electron chi connectivity index (χ0n) is 15.7. The van der Waals surface area contributed by atoms with E-state index in [9.17, 15) is 14.4 Å². The molecule has 2 fully saturated rings. The normalized spacial score (nSPS) is 27.1. The number of benzene rings is 2. The maximum Gasteiger partial charge on any atom is 0.235 e. The number of Topliss-reactive ketones (excluding diaryl/α,β-unsaturated/α-hetero) is 1. The van der Waals surface area contributed by atoms with Crippen LogP contribution in [0.1, 0.15) is 34.5 Å². The third kappa shape index (κ3) is 2.53. The zero-order chi connectivity index (χ0) is 20.3. The molecule has 0 radical (unpaired) electrons. The van der Waals surface area contributed by atoms with Gasteiger partial charge in [-0.1, -0.05) is 52.3 Å². The van der Waals surface area contributed by atoms with E-state index in [1.165, 1.54) is 4.90 Å². The second kappa shape index (κ2) is 6.62. The highest BCUT2D eigenvalue weighted by Crippen LogP contribution is 2.52. The molecule has 29 heavy (non-hydrogen) atoms. The Labute approximate surface area is 176 Å². The van der Waals surface area contributed by atoms with Gasteiger partial charge >= 0.3 is 0 Å². The minimum atomic E-state index is -0.802. The fourth-order valence-electron chi connectivity index (χ4n) is 4.83. The molecule has 2 aromatic rings. The van der Waals surface area contributed by atoms with Crippen molar-refractivity contribution in [3.05, 3.63) is 69.7 Å². The van der Waals surface area contributed by atoms with Crippen molar-refractivity contribution in [2.24, 2.45) is 16.9 Å². The van der Waals surface area contributed by atoms with Gasteiger partial charge in [0.1, 0.15) is 6.04 Å². The number of carbonyl (C=O) groups is 3. The number of ketones is 1. The van der Waals surface area contributed by atoms with Crippen molar-refractivity contribution in [1.82, 2.24) is 9.91 Å². The van der Waals surface area contributed by atoms with E-state index in [1.807, 2.05) is 24.3 Å². The van der Waals surface area contributed by atoms with Gasteiger partial charge < -0.3 is 0 Å². The predicted octanol–water partition coefficient (Wildman–Crippen LogP) is 3.03. The van der Waals surface area contributed by atoms with Crippen LogP contribution in [0.3, 0.4) is 0 Å². The van der Waals surface area contributed by atoms with Crippen LogP contribution in [0.25, 0.3) is 0 Å². The number of hydrazone groups is 1. The molecular weight excluding hydrogens is 434 g/mol. The third-order valence-corrected chi connectivity index (χ3v) is 6.63. The Morgan fingerprint density at radius 2 is 1.72 bits per heavy atom. The number of hydrogen-bond donors (Lipinski definition) is 0. The Hall–Kier alpha value is -2.80. The summed E-state index contributed by atoms with van der Waals surface area (Å²) in [5, 5.41) is 6.22. The highest BCUT2D eigenvalue weighted by Gasteiger charge is 2.64. The molecule has 0 N–H and O–H groups in total. The van der Waals surface area contributed by atoms with E-state index >= 15 is 0 Å². The summed E-state index contributed by atoms with van der Waals surface area (Å²) >= 11 is 3.38. The van der Waals surface area contributed by atoms with Crippen LogP contribution >= 0.6 is 15.9 Å². The SMILES string of the molecule is CCN1C(=O)[C@@H]2[C@H](C1=O)[C@H]1c3ccccc3C=NN1[C@@H]2C(=O)c1ccc(Br)cc1. The second-order valence-electron chi connectivity index (χ2n) is 7.49. The Morgan fingerprint density at radius 1 is 1.03 bits per heavy atom. The molecule has 7 heteroatoms. The van der Waals surface area contributed by atoms with Gasteiger partial charge in [0.25, 0.3) is 0 Å². The first kappa shape index (κ1) is 18.2. The van der Waals surface area contributed by atoms with Gasteiger partial charge in [-0.15, -0.1) is 0 Å². The summed E-state index contributed by atoms with van der Waals surface area (Å²) in [5.41, 5.74) is 2.35. The van der Waals surface area contributed by atoms with Crippen LogP contribution < -0.4 is 0 Å². The molecule has 2 saturated heterocycles. The topological polar surface area (TPSA) is 70.1 Å². The van der Waals surface area contributed by atoms with E-state index < -0.39 is 23.9 Å². The molecule has 4 atom stereocenters. The molecule has 0 bridgehead atoms. The Kier molecular flexibility index (Phi) is 4.17. The average Bonchev–Trinajstić information content (AvgIpc) is 3.21. The molecular formula is C22H18BrN3O3. The summed E-state index contributed by atoms with van der Waals surface area (Å²) in [7, 11) is 0. The standard InChI is InChI=1S/C22H18BrN3O3/c1-2-25-21(28)16-17(22(25)29)19(20(27)12-7-9-14(23)10-8-12)26-18(16)15-6-4-3-5-13(15)11-24-26/h3-11,16-19H,2H2,1H3/t16-,17+,18+,19-/m0/s1. The van der Waals surface area contributed by atoms with Crippen molar-refractivity contribution in [1.29, 1.82) is 0 Å². The lowest BCUT2D eigenvalue weighted by atomic mass is 9.83. The van der Waals surface area contributed by atoms with Gasteiger partial charge in [0, 0.05) is 16.6 Å². The summed E-state index contributed by atoms with van der Waals surface area (Å²) in [6, 6.07) is 13.6. The van der Waals surface area contributed by atoms with Gasteiger partial charge in [-0.25, -0.2) is 0 Å². The summed E-state index contributed by atoms with van der Waals surface area (Å²) < 4.78 is 0.866. The molecule has 146 valence electrons. The van der Waals surface area contributed by atoms with Gasteiger partial charge in [0.05, 0.1) is 24.1 Å². The predicted molar refractivity (Wildman–Crippen MR) is 110 cm³/mol. The van der Waals surface area contributed by atoms with Gasteiger partial charge in [-0.3, -0.25) is 24.3 Å². The first-order chi connectivity index (χ1) is 14.0. The zero-order valence-corrected chi connectivity index (χ0v) is 17.2.